The van der Waals surface area contributed by atoms with Gasteiger partial charge in [0.25, 0.3) is 23.0 Å². The summed E-state index contributed by atoms with van der Waals surface area (Å²) < 4.78 is 11.7. The molecule has 194 valence electrons. The van der Waals surface area contributed by atoms with Crippen LogP contribution in [0, 0.1) is 0 Å². The molecule has 0 bridgehead atoms. The van der Waals surface area contributed by atoms with Crippen molar-refractivity contribution in [3.8, 4) is 0 Å². The molecule has 38 heavy (non-hydrogen) atoms. The number of rotatable bonds is 5. The lowest BCUT2D eigenvalue weighted by atomic mass is 9.73. The SMILES string of the molecule is C/C=C/C(=O)O[C@]1([C@@]2(OC(=O)/C=C/C)C(=O)N(C(C)=O)c3ccccc32)C(=O)N(C(C)=O)c2ccccc21. The van der Waals surface area contributed by atoms with Gasteiger partial charge in [-0.15, -0.1) is 0 Å². The minimum absolute atomic E-state index is 0.0336. The first-order valence-electron chi connectivity index (χ1n) is 11.7. The Balaban J connectivity index is 2.21. The molecule has 0 aromatic heterocycles. The molecule has 2 heterocycles. The van der Waals surface area contributed by atoms with Crippen LogP contribution in [0.15, 0.2) is 72.8 Å². The van der Waals surface area contributed by atoms with E-state index in [2.05, 4.69) is 0 Å². The maximum atomic E-state index is 14.4. The van der Waals surface area contributed by atoms with Crippen LogP contribution in [-0.4, -0.2) is 35.6 Å². The number of para-hydroxylation sites is 2. The van der Waals surface area contributed by atoms with Crippen molar-refractivity contribution in [3.05, 3.63) is 84.0 Å². The highest BCUT2D eigenvalue weighted by Crippen LogP contribution is 2.59. The summed E-state index contributed by atoms with van der Waals surface area (Å²) in [6.45, 7) is 5.33. The van der Waals surface area contributed by atoms with E-state index in [1.807, 2.05) is 0 Å². The number of esters is 2. The van der Waals surface area contributed by atoms with Gasteiger partial charge in [-0.25, -0.2) is 19.4 Å². The molecular formula is C28H24N2O8. The summed E-state index contributed by atoms with van der Waals surface area (Å²) >= 11 is 0. The highest BCUT2D eigenvalue weighted by atomic mass is 16.6. The molecule has 0 unspecified atom stereocenters. The lowest BCUT2D eigenvalue weighted by Gasteiger charge is -2.41. The summed E-state index contributed by atoms with van der Waals surface area (Å²) in [6, 6.07) is 11.8. The molecule has 2 aromatic carbocycles. The summed E-state index contributed by atoms with van der Waals surface area (Å²) in [5.41, 5.74) is -5.49. The lowest BCUT2D eigenvalue weighted by molar-refractivity contribution is -0.212. The average Bonchev–Trinajstić information content (AvgIpc) is 3.26. The van der Waals surface area contributed by atoms with Crippen LogP contribution in [0.1, 0.15) is 38.8 Å². The van der Waals surface area contributed by atoms with Gasteiger partial charge in [0.05, 0.1) is 11.4 Å². The van der Waals surface area contributed by atoms with Gasteiger partial charge in [0, 0.05) is 37.1 Å². The van der Waals surface area contributed by atoms with Gasteiger partial charge in [0.15, 0.2) is 0 Å². The number of fused-ring (bicyclic) bond motifs is 2. The minimum Gasteiger partial charge on any atom is -0.435 e. The van der Waals surface area contributed by atoms with Gasteiger partial charge >= 0.3 is 11.9 Å². The molecule has 0 N–H and O–H groups in total. The molecule has 0 saturated heterocycles. The third-order valence-corrected chi connectivity index (χ3v) is 6.30. The number of anilines is 2. The number of allylic oxidation sites excluding steroid dienone is 2. The van der Waals surface area contributed by atoms with Crippen molar-refractivity contribution in [3.63, 3.8) is 0 Å². The fraction of sp³-hybridized carbons (Fsp3) is 0.214. The highest BCUT2D eigenvalue weighted by Gasteiger charge is 2.77. The van der Waals surface area contributed by atoms with Crippen LogP contribution in [0.4, 0.5) is 11.4 Å². The van der Waals surface area contributed by atoms with Crippen molar-refractivity contribution in [2.24, 2.45) is 0 Å². The quantitative estimate of drug-likeness (QED) is 0.439. The predicted molar refractivity (Wildman–Crippen MR) is 134 cm³/mol. The zero-order valence-corrected chi connectivity index (χ0v) is 21.1. The number of ether oxygens (including phenoxy) is 2. The first-order chi connectivity index (χ1) is 18.1. The zero-order valence-electron chi connectivity index (χ0n) is 21.1. The van der Waals surface area contributed by atoms with Crippen LogP contribution in [-0.2, 0) is 49.4 Å². The number of hydrogen-bond acceptors (Lipinski definition) is 8. The number of nitrogens with zero attached hydrogens (tertiary/aromatic N) is 2. The van der Waals surface area contributed by atoms with Crippen LogP contribution in [0.2, 0.25) is 0 Å². The van der Waals surface area contributed by atoms with Gasteiger partial charge in [0.1, 0.15) is 0 Å². The first kappa shape index (κ1) is 26.2. The van der Waals surface area contributed by atoms with E-state index in [0.29, 0.717) is 0 Å². The number of carbonyl (C=O) groups is 6. The van der Waals surface area contributed by atoms with Crippen LogP contribution in [0.25, 0.3) is 0 Å². The average molecular weight is 517 g/mol. The first-order valence-corrected chi connectivity index (χ1v) is 11.7. The molecule has 4 rings (SSSR count). The Labute approximate surface area is 218 Å². The Bertz CT molecular complexity index is 1350. The van der Waals surface area contributed by atoms with E-state index >= 15 is 0 Å². The summed E-state index contributed by atoms with van der Waals surface area (Å²) in [5, 5.41) is 0. The number of hydrogen-bond donors (Lipinski definition) is 0. The van der Waals surface area contributed by atoms with Gasteiger partial charge in [-0.2, -0.15) is 0 Å². The molecule has 0 fully saturated rings. The van der Waals surface area contributed by atoms with Crippen molar-refractivity contribution in [2.45, 2.75) is 38.9 Å². The molecule has 2 aliphatic heterocycles. The second-order valence-electron chi connectivity index (χ2n) is 8.56. The third-order valence-electron chi connectivity index (χ3n) is 6.30. The monoisotopic (exact) mass is 516 g/mol. The summed E-state index contributed by atoms with van der Waals surface area (Å²) in [5.74, 6) is -5.83. The molecular weight excluding hydrogens is 492 g/mol. The molecule has 0 radical (unpaired) electrons. The van der Waals surface area contributed by atoms with Crippen LogP contribution in [0.3, 0.4) is 0 Å². The van der Waals surface area contributed by atoms with E-state index in [1.165, 1.54) is 62.4 Å². The molecule has 10 nitrogen and oxygen atoms in total. The van der Waals surface area contributed by atoms with Crippen molar-refractivity contribution in [2.75, 3.05) is 9.80 Å². The van der Waals surface area contributed by atoms with E-state index in [9.17, 15) is 28.8 Å². The number of amides is 4. The van der Waals surface area contributed by atoms with Crippen molar-refractivity contribution >= 4 is 46.9 Å². The van der Waals surface area contributed by atoms with Crippen molar-refractivity contribution in [1.29, 1.82) is 0 Å². The van der Waals surface area contributed by atoms with Crippen LogP contribution >= 0.6 is 0 Å². The van der Waals surface area contributed by atoms with Crippen LogP contribution in [0.5, 0.6) is 0 Å². The molecule has 2 aliphatic rings. The summed E-state index contributed by atoms with van der Waals surface area (Å²) in [7, 11) is 0. The van der Waals surface area contributed by atoms with Gasteiger partial charge in [0.2, 0.25) is 11.8 Å². The van der Waals surface area contributed by atoms with Crippen molar-refractivity contribution in [1.82, 2.24) is 0 Å². The fourth-order valence-electron chi connectivity index (χ4n) is 4.99. The van der Waals surface area contributed by atoms with Gasteiger partial charge in [-0.3, -0.25) is 19.2 Å². The highest BCUT2D eigenvalue weighted by molar-refractivity contribution is 6.29. The Morgan fingerprint density at radius 1 is 0.658 bits per heavy atom. The van der Waals surface area contributed by atoms with E-state index in [1.54, 1.807) is 12.1 Å². The lowest BCUT2D eigenvalue weighted by Crippen LogP contribution is -2.64. The minimum atomic E-state index is -2.71. The fourth-order valence-corrected chi connectivity index (χ4v) is 4.99. The molecule has 0 saturated carbocycles. The summed E-state index contributed by atoms with van der Waals surface area (Å²) in [4.78, 5) is 81.9. The molecule has 4 amide bonds. The Kier molecular flexibility index (Phi) is 6.58. The maximum Gasteiger partial charge on any atom is 0.332 e. The molecule has 0 aliphatic carbocycles. The second-order valence-corrected chi connectivity index (χ2v) is 8.56. The van der Waals surface area contributed by atoms with E-state index in [0.717, 1.165) is 35.8 Å². The normalized spacial score (nSPS) is 22.1. The number of benzene rings is 2. The Morgan fingerprint density at radius 2 is 1.00 bits per heavy atom. The Morgan fingerprint density at radius 3 is 1.32 bits per heavy atom. The Hall–Kier alpha value is -4.86. The standard InChI is InChI=1S/C28H24N2O8/c1-5-11-23(33)37-27(19-13-7-9-15-21(19)29(17(3)31)25(27)35)28(38-24(34)12-6-2)20-14-8-10-16-22(20)30(18(4)32)26(28)36/h5-16H,1-4H3/b11-5+,12-6+/t27-,28-/m0/s1. The summed E-state index contributed by atoms with van der Waals surface area (Å²) in [6.07, 6.45) is 4.75. The van der Waals surface area contributed by atoms with E-state index in [-0.39, 0.29) is 22.5 Å². The van der Waals surface area contributed by atoms with E-state index in [4.69, 9.17) is 9.47 Å². The van der Waals surface area contributed by atoms with E-state index < -0.39 is 46.8 Å². The van der Waals surface area contributed by atoms with Gasteiger partial charge < -0.3 is 9.47 Å². The second kappa shape index (κ2) is 9.55. The smallest absolute Gasteiger partial charge is 0.332 e. The zero-order chi connectivity index (χ0) is 27.8. The van der Waals surface area contributed by atoms with Crippen LogP contribution < -0.4 is 9.80 Å². The van der Waals surface area contributed by atoms with Gasteiger partial charge in [-0.05, 0) is 26.0 Å². The molecule has 2 aromatic rings. The molecule has 0 spiro atoms. The number of carbonyl (C=O) groups excluding carboxylic acids is 6. The third kappa shape index (κ3) is 3.48. The van der Waals surface area contributed by atoms with Crippen molar-refractivity contribution < 1.29 is 38.2 Å². The largest absolute Gasteiger partial charge is 0.435 e. The molecule has 2 atom stereocenters. The number of imide groups is 2. The topological polar surface area (TPSA) is 127 Å². The predicted octanol–water partition coefficient (Wildman–Crippen LogP) is 2.80. The van der Waals surface area contributed by atoms with Gasteiger partial charge in [-0.1, -0.05) is 48.6 Å². The maximum absolute atomic E-state index is 14.4. The molecule has 10 heteroatoms.